The van der Waals surface area contributed by atoms with Gasteiger partial charge in [-0.2, -0.15) is 0 Å². The SMILES string of the molecule is O=C(O)CCc1ccc2c(n1)C(c1ccccc1)=NCC(=O)N2. The molecule has 0 saturated carbocycles. The van der Waals surface area contributed by atoms with Crippen molar-refractivity contribution >= 4 is 23.3 Å². The molecule has 0 saturated heterocycles. The number of anilines is 1. The molecule has 0 bridgehead atoms. The number of fused-ring (bicyclic) bond motifs is 1. The average Bonchev–Trinajstić information content (AvgIpc) is 2.71. The van der Waals surface area contributed by atoms with Crippen molar-refractivity contribution in [2.45, 2.75) is 12.8 Å². The van der Waals surface area contributed by atoms with Crippen molar-refractivity contribution in [1.82, 2.24) is 4.98 Å². The van der Waals surface area contributed by atoms with Crippen molar-refractivity contribution in [3.63, 3.8) is 0 Å². The fourth-order valence-corrected chi connectivity index (χ4v) is 2.39. The lowest BCUT2D eigenvalue weighted by Gasteiger charge is -2.11. The number of nitrogens with zero attached hydrogens (tertiary/aromatic N) is 2. The van der Waals surface area contributed by atoms with Crippen LogP contribution in [0.15, 0.2) is 47.5 Å². The van der Waals surface area contributed by atoms with Gasteiger partial charge in [0, 0.05) is 17.7 Å². The summed E-state index contributed by atoms with van der Waals surface area (Å²) in [7, 11) is 0. The van der Waals surface area contributed by atoms with E-state index in [9.17, 15) is 9.59 Å². The number of amides is 1. The van der Waals surface area contributed by atoms with Crippen molar-refractivity contribution in [2.75, 3.05) is 11.9 Å². The summed E-state index contributed by atoms with van der Waals surface area (Å²) in [6.45, 7) is 0.0328. The molecule has 1 amide bonds. The van der Waals surface area contributed by atoms with Crippen LogP contribution in [0.4, 0.5) is 5.69 Å². The number of pyridine rings is 1. The quantitative estimate of drug-likeness (QED) is 0.902. The zero-order chi connectivity index (χ0) is 16.2. The molecule has 23 heavy (non-hydrogen) atoms. The molecule has 0 spiro atoms. The lowest BCUT2D eigenvalue weighted by atomic mass is 10.0. The van der Waals surface area contributed by atoms with Gasteiger partial charge in [-0.15, -0.1) is 0 Å². The largest absolute Gasteiger partial charge is 0.481 e. The van der Waals surface area contributed by atoms with E-state index in [1.165, 1.54) is 0 Å². The molecule has 0 unspecified atom stereocenters. The van der Waals surface area contributed by atoms with Crippen LogP contribution in [0.5, 0.6) is 0 Å². The number of aliphatic carboxylic acids is 1. The zero-order valence-electron chi connectivity index (χ0n) is 12.3. The van der Waals surface area contributed by atoms with Gasteiger partial charge < -0.3 is 10.4 Å². The van der Waals surface area contributed by atoms with Gasteiger partial charge in [0.15, 0.2) is 0 Å². The third-order valence-corrected chi connectivity index (χ3v) is 3.47. The first-order valence-electron chi connectivity index (χ1n) is 7.25. The molecule has 2 aromatic rings. The molecule has 2 N–H and O–H groups in total. The third kappa shape index (κ3) is 3.42. The van der Waals surface area contributed by atoms with Gasteiger partial charge >= 0.3 is 5.97 Å². The Bertz CT molecular complexity index is 785. The number of aromatic nitrogens is 1. The van der Waals surface area contributed by atoms with E-state index in [1.54, 1.807) is 12.1 Å². The van der Waals surface area contributed by atoms with Crippen LogP contribution in [0.2, 0.25) is 0 Å². The molecular formula is C17H15N3O3. The minimum atomic E-state index is -0.869. The Hall–Kier alpha value is -3.02. The highest BCUT2D eigenvalue weighted by molar-refractivity contribution is 6.17. The fourth-order valence-electron chi connectivity index (χ4n) is 2.39. The highest BCUT2D eigenvalue weighted by atomic mass is 16.4. The van der Waals surface area contributed by atoms with E-state index in [4.69, 9.17) is 5.11 Å². The molecular weight excluding hydrogens is 294 g/mol. The van der Waals surface area contributed by atoms with E-state index >= 15 is 0 Å². The minimum Gasteiger partial charge on any atom is -0.481 e. The Kier molecular flexibility index (Phi) is 4.14. The van der Waals surface area contributed by atoms with Gasteiger partial charge in [0.05, 0.1) is 17.8 Å². The van der Waals surface area contributed by atoms with E-state index in [0.717, 1.165) is 5.56 Å². The van der Waals surface area contributed by atoms with Gasteiger partial charge in [0.1, 0.15) is 12.2 Å². The van der Waals surface area contributed by atoms with Gasteiger partial charge in [-0.25, -0.2) is 4.98 Å². The topological polar surface area (TPSA) is 91.7 Å². The highest BCUT2D eigenvalue weighted by Crippen LogP contribution is 2.22. The number of aliphatic imine (C=N–C) groups is 1. The van der Waals surface area contributed by atoms with Crippen LogP contribution in [0.3, 0.4) is 0 Å². The van der Waals surface area contributed by atoms with E-state index in [-0.39, 0.29) is 18.9 Å². The summed E-state index contributed by atoms with van der Waals surface area (Å²) < 4.78 is 0. The summed E-state index contributed by atoms with van der Waals surface area (Å²) in [4.78, 5) is 31.4. The maximum absolute atomic E-state index is 11.8. The van der Waals surface area contributed by atoms with Crippen LogP contribution in [0.25, 0.3) is 0 Å². The maximum Gasteiger partial charge on any atom is 0.303 e. The number of hydrogen-bond acceptors (Lipinski definition) is 4. The predicted molar refractivity (Wildman–Crippen MR) is 85.8 cm³/mol. The molecule has 1 aliphatic rings. The van der Waals surface area contributed by atoms with Crippen LogP contribution in [-0.4, -0.2) is 34.2 Å². The second-order valence-electron chi connectivity index (χ2n) is 5.17. The van der Waals surface area contributed by atoms with E-state index in [2.05, 4.69) is 15.3 Å². The van der Waals surface area contributed by atoms with Crippen molar-refractivity contribution in [2.24, 2.45) is 4.99 Å². The summed E-state index contributed by atoms with van der Waals surface area (Å²) >= 11 is 0. The smallest absolute Gasteiger partial charge is 0.303 e. The second kappa shape index (κ2) is 6.39. The molecule has 6 heteroatoms. The number of hydrogen-bond donors (Lipinski definition) is 2. The van der Waals surface area contributed by atoms with E-state index in [1.807, 2.05) is 30.3 Å². The molecule has 0 radical (unpaired) electrons. The van der Waals surface area contributed by atoms with Gasteiger partial charge in [-0.05, 0) is 12.1 Å². The predicted octanol–water partition coefficient (Wildman–Crippen LogP) is 1.89. The van der Waals surface area contributed by atoms with Crippen LogP contribution in [-0.2, 0) is 16.0 Å². The Morgan fingerprint density at radius 3 is 2.70 bits per heavy atom. The minimum absolute atomic E-state index is 0.00988. The van der Waals surface area contributed by atoms with Crippen LogP contribution in [0, 0.1) is 0 Å². The number of aryl methyl sites for hydroxylation is 1. The summed E-state index contributed by atoms with van der Waals surface area (Å²) in [5, 5.41) is 11.6. The number of nitrogens with one attached hydrogen (secondary N) is 1. The fraction of sp³-hybridized carbons (Fsp3) is 0.176. The van der Waals surface area contributed by atoms with Crippen LogP contribution >= 0.6 is 0 Å². The van der Waals surface area contributed by atoms with Crippen LogP contribution in [0.1, 0.15) is 23.4 Å². The molecule has 3 rings (SSSR count). The Morgan fingerprint density at radius 2 is 1.96 bits per heavy atom. The zero-order valence-corrected chi connectivity index (χ0v) is 12.3. The number of carbonyl (C=O) groups excluding carboxylic acids is 1. The van der Waals surface area contributed by atoms with Crippen molar-refractivity contribution in [3.05, 3.63) is 59.4 Å². The first-order valence-corrected chi connectivity index (χ1v) is 7.25. The molecule has 0 aliphatic carbocycles. The van der Waals surface area contributed by atoms with Gasteiger partial charge in [0.2, 0.25) is 5.91 Å². The Morgan fingerprint density at radius 1 is 1.17 bits per heavy atom. The molecule has 0 fully saturated rings. The molecule has 6 nitrogen and oxygen atoms in total. The molecule has 1 aromatic heterocycles. The average molecular weight is 309 g/mol. The van der Waals surface area contributed by atoms with E-state index < -0.39 is 5.97 Å². The van der Waals surface area contributed by atoms with E-state index in [0.29, 0.717) is 29.2 Å². The van der Waals surface area contributed by atoms with Crippen molar-refractivity contribution < 1.29 is 14.7 Å². The standard InChI is InChI=1S/C17H15N3O3/c21-14-10-18-16(11-4-2-1-3-5-11)17-13(20-14)8-6-12(19-17)7-9-15(22)23/h1-6,8H,7,9-10H2,(H,20,21)(H,22,23). The lowest BCUT2D eigenvalue weighted by Crippen LogP contribution is -2.14. The number of carbonyl (C=O) groups is 2. The normalized spacial score (nSPS) is 13.6. The van der Waals surface area contributed by atoms with Crippen molar-refractivity contribution in [3.8, 4) is 0 Å². The van der Waals surface area contributed by atoms with Gasteiger partial charge in [-0.3, -0.25) is 14.6 Å². The summed E-state index contributed by atoms with van der Waals surface area (Å²) in [6, 6.07) is 13.0. The molecule has 2 heterocycles. The molecule has 116 valence electrons. The molecule has 0 atom stereocenters. The number of benzene rings is 1. The summed E-state index contributed by atoms with van der Waals surface area (Å²) in [5.74, 6) is -1.07. The summed E-state index contributed by atoms with van der Waals surface area (Å²) in [6.07, 6.45) is 0.342. The molecule has 1 aromatic carbocycles. The van der Waals surface area contributed by atoms with Gasteiger partial charge in [0.25, 0.3) is 0 Å². The number of rotatable bonds is 4. The second-order valence-corrected chi connectivity index (χ2v) is 5.17. The number of carboxylic acid groups (broad SMARTS) is 1. The summed E-state index contributed by atoms with van der Waals surface area (Å²) in [5.41, 5.74) is 3.33. The number of carboxylic acids is 1. The lowest BCUT2D eigenvalue weighted by molar-refractivity contribution is -0.137. The Labute approximate surface area is 132 Å². The Balaban J connectivity index is 2.04. The monoisotopic (exact) mass is 309 g/mol. The first kappa shape index (κ1) is 14.9. The maximum atomic E-state index is 11.8. The highest BCUT2D eigenvalue weighted by Gasteiger charge is 2.19. The van der Waals surface area contributed by atoms with Crippen LogP contribution < -0.4 is 5.32 Å². The first-order chi connectivity index (χ1) is 11.1. The van der Waals surface area contributed by atoms with Crippen molar-refractivity contribution in [1.29, 1.82) is 0 Å². The third-order valence-electron chi connectivity index (χ3n) is 3.47. The molecule has 1 aliphatic heterocycles. The van der Waals surface area contributed by atoms with Gasteiger partial charge in [-0.1, -0.05) is 30.3 Å².